The average molecular weight is 368 g/mol. The summed E-state index contributed by atoms with van der Waals surface area (Å²) >= 11 is 1.53. The van der Waals surface area contributed by atoms with Gasteiger partial charge in [0, 0.05) is 4.75 Å². The lowest BCUT2D eigenvalue weighted by molar-refractivity contribution is -0.155. The fourth-order valence-corrected chi connectivity index (χ4v) is 4.99. The van der Waals surface area contributed by atoms with Crippen molar-refractivity contribution in [2.75, 3.05) is 0 Å². The number of carbonyl (C=O) groups excluding carboxylic acids is 2. The van der Waals surface area contributed by atoms with Crippen LogP contribution in [0.15, 0.2) is 0 Å². The molecule has 2 amide bonds. The Kier molecular flexibility index (Phi) is 4.43. The first-order chi connectivity index (χ1) is 11.8. The minimum absolute atomic E-state index is 0.237. The summed E-state index contributed by atoms with van der Waals surface area (Å²) in [6.07, 6.45) is 0.806. The van der Waals surface area contributed by atoms with E-state index in [9.17, 15) is 19.5 Å². The molecule has 3 N–H and O–H groups in total. The Labute approximate surface area is 148 Å². The maximum absolute atomic E-state index is 12.6. The first-order valence-corrected chi connectivity index (χ1v) is 8.92. The van der Waals surface area contributed by atoms with Gasteiger partial charge in [-0.25, -0.2) is 0 Å². The first kappa shape index (κ1) is 17.6. The first-order valence-electron chi connectivity index (χ1n) is 8.04. The van der Waals surface area contributed by atoms with Crippen molar-refractivity contribution in [1.29, 1.82) is 0 Å². The van der Waals surface area contributed by atoms with Gasteiger partial charge in [-0.15, -0.1) is 22.0 Å². The number of carbonyl (C=O) groups is 3. The Hall–Kier alpha value is -2.17. The number of H-pyrrole nitrogens is 1. The van der Waals surface area contributed by atoms with Crippen LogP contribution in [-0.2, 0) is 14.4 Å². The molecule has 2 fully saturated rings. The summed E-state index contributed by atoms with van der Waals surface area (Å²) in [5.74, 6) is -2.76. The maximum atomic E-state index is 12.6. The van der Waals surface area contributed by atoms with Crippen LogP contribution in [0.1, 0.15) is 45.5 Å². The molecule has 1 aromatic heterocycles. The minimum Gasteiger partial charge on any atom is -0.481 e. The second kappa shape index (κ2) is 6.28. The van der Waals surface area contributed by atoms with E-state index in [-0.39, 0.29) is 28.5 Å². The van der Waals surface area contributed by atoms with Gasteiger partial charge in [-0.05, 0) is 20.3 Å². The summed E-state index contributed by atoms with van der Waals surface area (Å²) in [6, 6.07) is -1.08. The molecule has 3 heterocycles. The quantitative estimate of drug-likeness (QED) is 0.468. The zero-order valence-corrected chi connectivity index (χ0v) is 14.9. The van der Waals surface area contributed by atoms with Crippen LogP contribution in [0.2, 0.25) is 0 Å². The number of nitrogens with one attached hydrogen (secondary N) is 2. The number of fused-ring (bicyclic) bond motifs is 1. The van der Waals surface area contributed by atoms with E-state index in [4.69, 9.17) is 0 Å². The van der Waals surface area contributed by atoms with Crippen LogP contribution >= 0.6 is 11.8 Å². The van der Waals surface area contributed by atoms with Crippen LogP contribution in [0, 0.1) is 5.92 Å². The van der Waals surface area contributed by atoms with Gasteiger partial charge in [0.1, 0.15) is 23.4 Å². The number of carboxylic acid groups (broad SMARTS) is 1. The van der Waals surface area contributed by atoms with Crippen LogP contribution in [0.5, 0.6) is 0 Å². The number of β-lactam (4-membered cyclic amide) rings is 1. The van der Waals surface area contributed by atoms with Crippen molar-refractivity contribution < 1.29 is 19.5 Å². The van der Waals surface area contributed by atoms with Gasteiger partial charge in [0.05, 0.1) is 0 Å². The zero-order chi connectivity index (χ0) is 18.4. The second-order valence-corrected chi connectivity index (χ2v) is 8.47. The lowest BCUT2D eigenvalue weighted by Crippen LogP contribution is -2.68. The second-order valence-electron chi connectivity index (χ2n) is 6.70. The van der Waals surface area contributed by atoms with Crippen molar-refractivity contribution in [3.8, 4) is 0 Å². The van der Waals surface area contributed by atoms with Crippen molar-refractivity contribution in [3.63, 3.8) is 0 Å². The van der Waals surface area contributed by atoms with Crippen molar-refractivity contribution >= 4 is 29.5 Å². The summed E-state index contributed by atoms with van der Waals surface area (Å²) < 4.78 is -0.362. The third kappa shape index (κ3) is 2.86. The Morgan fingerprint density at radius 2 is 2.20 bits per heavy atom. The lowest BCUT2D eigenvalue weighted by atomic mass is 9.94. The van der Waals surface area contributed by atoms with Crippen molar-refractivity contribution in [3.05, 3.63) is 5.82 Å². The SMILES string of the molecule is CCCC(C(=O)O)C(=O)NC1C(=O)N2C(c3nn[nH]n3)C(C)(C)S[C@H]12. The standard InChI is InChI=1S/C14H20N6O4S/c1-4-5-6(13(23)24)10(21)15-7-11(22)20-8(9-16-18-19-17-9)14(2,3)25-12(7)20/h6-8,12H,4-5H2,1-3H3,(H,15,21)(H,23,24)(H,16,17,18,19)/t6?,7?,8?,12-/m1/s1. The fourth-order valence-electron chi connectivity index (χ4n) is 3.36. The number of rotatable bonds is 6. The number of nitrogens with zero attached hydrogens (tertiary/aromatic N) is 4. The van der Waals surface area contributed by atoms with E-state index >= 15 is 0 Å². The molecule has 10 nitrogen and oxygen atoms in total. The highest BCUT2D eigenvalue weighted by atomic mass is 32.2. The predicted octanol–water partition coefficient (Wildman–Crippen LogP) is -0.0798. The highest BCUT2D eigenvalue weighted by molar-refractivity contribution is 8.01. The van der Waals surface area contributed by atoms with Gasteiger partial charge in [-0.3, -0.25) is 14.4 Å². The van der Waals surface area contributed by atoms with E-state index in [2.05, 4.69) is 25.9 Å². The number of aliphatic carboxylic acids is 1. The van der Waals surface area contributed by atoms with Crippen molar-refractivity contribution in [2.24, 2.45) is 5.92 Å². The van der Waals surface area contributed by atoms with E-state index in [1.807, 2.05) is 20.8 Å². The Balaban J connectivity index is 1.75. The molecule has 0 spiro atoms. The molecule has 0 aromatic carbocycles. The molecule has 3 unspecified atom stereocenters. The largest absolute Gasteiger partial charge is 0.481 e. The highest BCUT2D eigenvalue weighted by Crippen LogP contribution is 2.56. The average Bonchev–Trinajstić information content (AvgIpc) is 3.13. The summed E-state index contributed by atoms with van der Waals surface area (Å²) in [7, 11) is 0. The monoisotopic (exact) mass is 368 g/mol. The number of aromatic nitrogens is 4. The van der Waals surface area contributed by atoms with Gasteiger partial charge < -0.3 is 15.3 Å². The molecule has 136 valence electrons. The van der Waals surface area contributed by atoms with E-state index in [0.29, 0.717) is 12.2 Å². The van der Waals surface area contributed by atoms with Gasteiger partial charge in [0.2, 0.25) is 11.8 Å². The number of aromatic amines is 1. The molecular formula is C14H20N6O4S. The molecule has 2 aliphatic rings. The van der Waals surface area contributed by atoms with Gasteiger partial charge in [0.15, 0.2) is 5.82 Å². The molecule has 2 saturated heterocycles. The molecule has 11 heteroatoms. The number of carboxylic acids is 1. The van der Waals surface area contributed by atoms with Crippen LogP contribution < -0.4 is 5.32 Å². The molecule has 0 radical (unpaired) electrons. The van der Waals surface area contributed by atoms with E-state index in [1.165, 1.54) is 11.8 Å². The van der Waals surface area contributed by atoms with Gasteiger partial charge >= 0.3 is 5.97 Å². The molecule has 3 rings (SSSR count). The molecule has 25 heavy (non-hydrogen) atoms. The number of amides is 2. The highest BCUT2D eigenvalue weighted by Gasteiger charge is 2.63. The number of hydrogen-bond acceptors (Lipinski definition) is 7. The zero-order valence-electron chi connectivity index (χ0n) is 14.1. The fraction of sp³-hybridized carbons (Fsp3) is 0.714. The van der Waals surface area contributed by atoms with Gasteiger partial charge in [-0.1, -0.05) is 18.6 Å². The van der Waals surface area contributed by atoms with E-state index < -0.39 is 23.8 Å². The van der Waals surface area contributed by atoms with Crippen LogP contribution in [0.3, 0.4) is 0 Å². The summed E-state index contributed by atoms with van der Waals surface area (Å²) in [4.78, 5) is 37.7. The van der Waals surface area contributed by atoms with Gasteiger partial charge in [0.25, 0.3) is 0 Å². The van der Waals surface area contributed by atoms with E-state index in [0.717, 1.165) is 0 Å². The molecule has 0 bridgehead atoms. The Bertz CT molecular complexity index is 694. The van der Waals surface area contributed by atoms with Gasteiger partial charge in [-0.2, -0.15) is 5.21 Å². The lowest BCUT2D eigenvalue weighted by Gasteiger charge is -2.44. The van der Waals surface area contributed by atoms with Crippen molar-refractivity contribution in [2.45, 2.75) is 55.8 Å². The summed E-state index contributed by atoms with van der Waals surface area (Å²) in [5, 5.41) is 25.5. The Morgan fingerprint density at radius 1 is 1.48 bits per heavy atom. The number of hydrogen-bond donors (Lipinski definition) is 3. The van der Waals surface area contributed by atoms with Crippen LogP contribution in [0.25, 0.3) is 0 Å². The number of tetrazole rings is 1. The number of thioether (sulfide) groups is 1. The third-order valence-corrected chi connectivity index (χ3v) is 6.11. The predicted molar refractivity (Wildman–Crippen MR) is 87.2 cm³/mol. The normalized spacial score (nSPS) is 28.2. The summed E-state index contributed by atoms with van der Waals surface area (Å²) in [5.41, 5.74) is 0. The Morgan fingerprint density at radius 3 is 2.76 bits per heavy atom. The summed E-state index contributed by atoms with van der Waals surface area (Å²) in [6.45, 7) is 5.75. The molecule has 0 saturated carbocycles. The molecule has 1 aromatic rings. The molecule has 2 aliphatic heterocycles. The van der Waals surface area contributed by atoms with E-state index in [1.54, 1.807) is 4.90 Å². The smallest absolute Gasteiger partial charge is 0.316 e. The molecule has 4 atom stereocenters. The molecular weight excluding hydrogens is 348 g/mol. The van der Waals surface area contributed by atoms with Crippen LogP contribution in [0.4, 0.5) is 0 Å². The maximum Gasteiger partial charge on any atom is 0.316 e. The van der Waals surface area contributed by atoms with Crippen molar-refractivity contribution in [1.82, 2.24) is 30.8 Å². The topological polar surface area (TPSA) is 141 Å². The third-order valence-electron chi connectivity index (χ3n) is 4.54. The molecule has 0 aliphatic carbocycles. The minimum atomic E-state index is -1.17. The van der Waals surface area contributed by atoms with Crippen LogP contribution in [-0.4, -0.2) is 64.6 Å².